The zero-order valence-electron chi connectivity index (χ0n) is 12.1. The number of anilines is 1. The summed E-state index contributed by atoms with van der Waals surface area (Å²) in [7, 11) is -3.56. The Balaban J connectivity index is 2.85. The van der Waals surface area contributed by atoms with Gasteiger partial charge in [0.1, 0.15) is 0 Å². The molecule has 1 rings (SSSR count). The minimum Gasteiger partial charge on any atom is -0.380 e. The standard InChI is InChI=1S/C13H23N3O3S/c1-4-19-9-13(10(2)3)16-20(17,18)12-7-5-11(15-14)6-8-12/h5-8,10,13,15-16H,4,9,14H2,1-3H3. The zero-order valence-corrected chi connectivity index (χ0v) is 12.9. The molecule has 0 aliphatic rings. The Hall–Kier alpha value is -1.15. The first-order chi connectivity index (χ1) is 9.40. The van der Waals surface area contributed by atoms with Crippen molar-refractivity contribution in [1.82, 2.24) is 4.72 Å². The van der Waals surface area contributed by atoms with E-state index in [1.807, 2.05) is 20.8 Å². The van der Waals surface area contributed by atoms with Crippen LogP contribution in [0.1, 0.15) is 20.8 Å². The topological polar surface area (TPSA) is 93.4 Å². The first-order valence-electron chi connectivity index (χ1n) is 6.57. The average Bonchev–Trinajstić information content (AvgIpc) is 2.43. The third-order valence-corrected chi connectivity index (χ3v) is 4.45. The molecule has 6 nitrogen and oxygen atoms in total. The lowest BCUT2D eigenvalue weighted by Gasteiger charge is -2.22. The Morgan fingerprint density at radius 1 is 1.25 bits per heavy atom. The summed E-state index contributed by atoms with van der Waals surface area (Å²) in [6.45, 7) is 6.70. The Kier molecular flexibility index (Phi) is 6.41. The highest BCUT2D eigenvalue weighted by atomic mass is 32.2. The number of nitrogen functional groups attached to an aromatic ring is 1. The van der Waals surface area contributed by atoms with Crippen molar-refractivity contribution >= 4 is 15.7 Å². The Morgan fingerprint density at radius 2 is 1.85 bits per heavy atom. The smallest absolute Gasteiger partial charge is 0.240 e. The van der Waals surface area contributed by atoms with E-state index in [1.54, 1.807) is 12.1 Å². The number of hydrogen-bond donors (Lipinski definition) is 3. The third-order valence-electron chi connectivity index (χ3n) is 2.94. The summed E-state index contributed by atoms with van der Waals surface area (Å²) in [4.78, 5) is 0.207. The number of nitrogens with one attached hydrogen (secondary N) is 2. The molecular weight excluding hydrogens is 278 g/mol. The first-order valence-corrected chi connectivity index (χ1v) is 8.05. The molecule has 0 radical (unpaired) electrons. The van der Waals surface area contributed by atoms with Gasteiger partial charge in [-0.1, -0.05) is 13.8 Å². The lowest BCUT2D eigenvalue weighted by molar-refractivity contribution is 0.116. The summed E-state index contributed by atoms with van der Waals surface area (Å²) in [5, 5.41) is 0. The van der Waals surface area contributed by atoms with Gasteiger partial charge < -0.3 is 10.2 Å². The van der Waals surface area contributed by atoms with Crippen molar-refractivity contribution in [2.75, 3.05) is 18.6 Å². The van der Waals surface area contributed by atoms with E-state index in [2.05, 4.69) is 10.1 Å². The van der Waals surface area contributed by atoms with Crippen molar-refractivity contribution in [2.45, 2.75) is 31.7 Å². The van der Waals surface area contributed by atoms with Crippen LogP contribution in [0.5, 0.6) is 0 Å². The number of benzene rings is 1. The largest absolute Gasteiger partial charge is 0.380 e. The van der Waals surface area contributed by atoms with Crippen LogP contribution in [0.15, 0.2) is 29.2 Å². The van der Waals surface area contributed by atoms with Crippen molar-refractivity contribution < 1.29 is 13.2 Å². The van der Waals surface area contributed by atoms with Gasteiger partial charge in [0.05, 0.1) is 11.5 Å². The lowest BCUT2D eigenvalue weighted by Crippen LogP contribution is -2.41. The summed E-state index contributed by atoms with van der Waals surface area (Å²) in [5.74, 6) is 5.39. The number of nitrogens with two attached hydrogens (primary N) is 1. The normalized spacial score (nSPS) is 13.4. The van der Waals surface area contributed by atoms with Gasteiger partial charge >= 0.3 is 0 Å². The van der Waals surface area contributed by atoms with E-state index in [-0.39, 0.29) is 16.9 Å². The Morgan fingerprint density at radius 3 is 2.30 bits per heavy atom. The zero-order chi connectivity index (χ0) is 15.2. The van der Waals surface area contributed by atoms with E-state index in [9.17, 15) is 8.42 Å². The molecule has 0 saturated heterocycles. The molecule has 0 spiro atoms. The molecule has 114 valence electrons. The molecule has 0 aliphatic carbocycles. The fraction of sp³-hybridized carbons (Fsp3) is 0.538. The highest BCUT2D eigenvalue weighted by molar-refractivity contribution is 7.89. The van der Waals surface area contributed by atoms with Crippen LogP contribution in [0.2, 0.25) is 0 Å². The van der Waals surface area contributed by atoms with Crippen LogP contribution in [0.3, 0.4) is 0 Å². The second-order valence-corrected chi connectivity index (χ2v) is 6.51. The van der Waals surface area contributed by atoms with Gasteiger partial charge in [-0.15, -0.1) is 0 Å². The van der Waals surface area contributed by atoms with E-state index in [1.165, 1.54) is 12.1 Å². The van der Waals surface area contributed by atoms with E-state index in [0.717, 1.165) is 0 Å². The molecular formula is C13H23N3O3S. The monoisotopic (exact) mass is 301 g/mol. The van der Waals surface area contributed by atoms with Crippen molar-refractivity contribution in [3.63, 3.8) is 0 Å². The van der Waals surface area contributed by atoms with Gasteiger partial charge in [-0.25, -0.2) is 13.1 Å². The number of sulfonamides is 1. The van der Waals surface area contributed by atoms with Crippen LogP contribution < -0.4 is 16.0 Å². The van der Waals surface area contributed by atoms with Crippen LogP contribution in [-0.4, -0.2) is 27.7 Å². The molecule has 0 aliphatic heterocycles. The van der Waals surface area contributed by atoms with Crippen molar-refractivity contribution in [3.8, 4) is 0 Å². The molecule has 1 aromatic rings. The van der Waals surface area contributed by atoms with Gasteiger partial charge in [0.15, 0.2) is 0 Å². The molecule has 0 fully saturated rings. The first kappa shape index (κ1) is 16.9. The SMILES string of the molecule is CCOCC(NS(=O)(=O)c1ccc(NN)cc1)C(C)C. The van der Waals surface area contributed by atoms with Crippen LogP contribution in [0, 0.1) is 5.92 Å². The second-order valence-electron chi connectivity index (χ2n) is 4.80. The number of rotatable bonds is 8. The van der Waals surface area contributed by atoms with Crippen LogP contribution in [-0.2, 0) is 14.8 Å². The van der Waals surface area contributed by atoms with Gasteiger partial charge in [0.2, 0.25) is 10.0 Å². The molecule has 20 heavy (non-hydrogen) atoms. The lowest BCUT2D eigenvalue weighted by atomic mass is 10.1. The van der Waals surface area contributed by atoms with E-state index < -0.39 is 10.0 Å². The maximum atomic E-state index is 12.3. The molecule has 7 heteroatoms. The highest BCUT2D eigenvalue weighted by Gasteiger charge is 2.22. The van der Waals surface area contributed by atoms with Crippen LogP contribution in [0.4, 0.5) is 5.69 Å². The van der Waals surface area contributed by atoms with Gasteiger partial charge in [0.25, 0.3) is 0 Å². The Bertz CT molecular complexity index is 500. The predicted octanol–water partition coefficient (Wildman–Crippen LogP) is 1.31. The molecule has 0 heterocycles. The second kappa shape index (κ2) is 7.58. The minimum atomic E-state index is -3.56. The molecule has 0 aromatic heterocycles. The van der Waals surface area contributed by atoms with Crippen molar-refractivity contribution in [3.05, 3.63) is 24.3 Å². The summed E-state index contributed by atoms with van der Waals surface area (Å²) < 4.78 is 32.6. The molecule has 0 amide bonds. The highest BCUT2D eigenvalue weighted by Crippen LogP contribution is 2.15. The molecule has 0 saturated carbocycles. The van der Waals surface area contributed by atoms with E-state index >= 15 is 0 Å². The van der Waals surface area contributed by atoms with Gasteiger partial charge in [-0.05, 0) is 37.1 Å². The molecule has 1 aromatic carbocycles. The maximum Gasteiger partial charge on any atom is 0.240 e. The van der Waals surface area contributed by atoms with Gasteiger partial charge in [-0.2, -0.15) is 0 Å². The maximum absolute atomic E-state index is 12.3. The quantitative estimate of drug-likeness (QED) is 0.497. The summed E-state index contributed by atoms with van der Waals surface area (Å²) in [6.07, 6.45) is 0. The van der Waals surface area contributed by atoms with E-state index in [0.29, 0.717) is 18.9 Å². The molecule has 1 unspecified atom stereocenters. The fourth-order valence-electron chi connectivity index (χ4n) is 1.61. The van der Waals surface area contributed by atoms with E-state index in [4.69, 9.17) is 10.6 Å². The Labute approximate surface area is 120 Å². The minimum absolute atomic E-state index is 0.140. The van der Waals surface area contributed by atoms with Crippen LogP contribution >= 0.6 is 0 Å². The predicted molar refractivity (Wildman–Crippen MR) is 79.7 cm³/mol. The third kappa shape index (κ3) is 4.75. The number of hydrazine groups is 1. The average molecular weight is 301 g/mol. The summed E-state index contributed by atoms with van der Waals surface area (Å²) >= 11 is 0. The number of hydrogen-bond acceptors (Lipinski definition) is 5. The summed E-state index contributed by atoms with van der Waals surface area (Å²) in [5.41, 5.74) is 3.11. The number of ether oxygens (including phenoxy) is 1. The van der Waals surface area contributed by atoms with Crippen LogP contribution in [0.25, 0.3) is 0 Å². The van der Waals surface area contributed by atoms with Crippen molar-refractivity contribution in [2.24, 2.45) is 11.8 Å². The van der Waals surface area contributed by atoms with Crippen molar-refractivity contribution in [1.29, 1.82) is 0 Å². The van der Waals surface area contributed by atoms with Gasteiger partial charge in [-0.3, -0.25) is 5.84 Å². The fourth-order valence-corrected chi connectivity index (χ4v) is 2.97. The molecule has 1 atom stereocenters. The molecule has 0 bridgehead atoms. The molecule has 4 N–H and O–H groups in total. The van der Waals surface area contributed by atoms with Gasteiger partial charge in [0, 0.05) is 18.3 Å². The summed E-state index contributed by atoms with van der Waals surface area (Å²) in [6, 6.07) is 5.99.